The van der Waals surface area contributed by atoms with Crippen LogP contribution < -0.4 is 5.32 Å². The van der Waals surface area contributed by atoms with Crippen molar-refractivity contribution < 1.29 is 19.1 Å². The van der Waals surface area contributed by atoms with Crippen molar-refractivity contribution in [2.24, 2.45) is 0 Å². The molecule has 1 atom stereocenters. The fourth-order valence-electron chi connectivity index (χ4n) is 7.20. The molecule has 2 aromatic heterocycles. The van der Waals surface area contributed by atoms with E-state index >= 15 is 0 Å². The van der Waals surface area contributed by atoms with E-state index in [0.29, 0.717) is 58.0 Å². The molecule has 7 rings (SSSR count). The smallest absolute Gasteiger partial charge is 0.410 e. The third-order valence-electron chi connectivity index (χ3n) is 10.0. The van der Waals surface area contributed by atoms with E-state index in [9.17, 15) is 14.4 Å². The molecule has 45 heavy (non-hydrogen) atoms. The molecule has 1 aromatic carbocycles. The number of urea groups is 1. The number of nitrogens with one attached hydrogen (secondary N) is 2. The highest BCUT2D eigenvalue weighted by atomic mass is 32.1. The van der Waals surface area contributed by atoms with Gasteiger partial charge in [0.1, 0.15) is 0 Å². The van der Waals surface area contributed by atoms with Crippen LogP contribution in [0.2, 0.25) is 0 Å². The number of hydrogen-bond acceptors (Lipinski definition) is 8. The Labute approximate surface area is 267 Å². The van der Waals surface area contributed by atoms with Crippen LogP contribution in [0.5, 0.6) is 0 Å². The number of amides is 4. The summed E-state index contributed by atoms with van der Waals surface area (Å²) in [6, 6.07) is 6.36. The zero-order valence-corrected chi connectivity index (χ0v) is 26.6. The molecular weight excluding hydrogens is 592 g/mol. The van der Waals surface area contributed by atoms with Gasteiger partial charge in [-0.1, -0.05) is 6.07 Å². The topological polar surface area (TPSA) is 117 Å². The molecule has 4 aliphatic rings. The van der Waals surface area contributed by atoms with Crippen LogP contribution in [0.25, 0.3) is 10.9 Å². The van der Waals surface area contributed by atoms with Crippen LogP contribution in [0.1, 0.15) is 36.8 Å². The third-order valence-corrected chi connectivity index (χ3v) is 10.8. The van der Waals surface area contributed by atoms with E-state index in [4.69, 9.17) is 4.74 Å². The summed E-state index contributed by atoms with van der Waals surface area (Å²) in [6.45, 7) is 7.17. The Morgan fingerprint density at radius 2 is 1.71 bits per heavy atom. The summed E-state index contributed by atoms with van der Waals surface area (Å²) < 4.78 is 6.06. The Morgan fingerprint density at radius 1 is 0.978 bits per heavy atom. The normalized spacial score (nSPS) is 21.5. The highest BCUT2D eigenvalue weighted by Gasteiger charge is 2.37. The van der Waals surface area contributed by atoms with Gasteiger partial charge in [-0.3, -0.25) is 14.8 Å². The van der Waals surface area contributed by atoms with Gasteiger partial charge in [-0.15, -0.1) is 11.3 Å². The van der Waals surface area contributed by atoms with Crippen LogP contribution >= 0.6 is 11.3 Å². The number of thiophene rings is 1. The van der Waals surface area contributed by atoms with E-state index in [1.54, 1.807) is 22.4 Å². The van der Waals surface area contributed by atoms with Gasteiger partial charge in [0.15, 0.2) is 6.10 Å². The molecule has 0 unspecified atom stereocenters. The molecule has 4 aliphatic heterocycles. The predicted molar refractivity (Wildman–Crippen MR) is 172 cm³/mol. The molecule has 4 amide bonds. The first-order chi connectivity index (χ1) is 21.9. The molecule has 0 radical (unpaired) electrons. The Morgan fingerprint density at radius 3 is 2.49 bits per heavy atom. The summed E-state index contributed by atoms with van der Waals surface area (Å²) in [7, 11) is 2.17. The first-order valence-electron chi connectivity index (χ1n) is 16.1. The number of benzene rings is 1. The van der Waals surface area contributed by atoms with Gasteiger partial charge in [0.05, 0.1) is 23.9 Å². The fourth-order valence-corrected chi connectivity index (χ4v) is 7.98. The van der Waals surface area contributed by atoms with E-state index in [0.717, 1.165) is 66.7 Å². The number of H-pyrrole nitrogens is 1. The molecule has 0 saturated carbocycles. The summed E-state index contributed by atoms with van der Waals surface area (Å²) in [4.78, 5) is 50.7. The van der Waals surface area contributed by atoms with Crippen LogP contribution in [-0.4, -0.2) is 130 Å². The van der Waals surface area contributed by atoms with Gasteiger partial charge in [-0.05, 0) is 55.8 Å². The summed E-state index contributed by atoms with van der Waals surface area (Å²) in [5, 5.41) is 15.1. The quantitative estimate of drug-likeness (QED) is 0.427. The second kappa shape index (κ2) is 13.0. The van der Waals surface area contributed by atoms with Crippen molar-refractivity contribution in [3.63, 3.8) is 0 Å². The molecule has 6 heterocycles. The van der Waals surface area contributed by atoms with Crippen molar-refractivity contribution in [3.8, 4) is 0 Å². The fraction of sp³-hybridized carbons (Fsp3) is 0.562. The minimum atomic E-state index is -0.912. The molecule has 3 fully saturated rings. The van der Waals surface area contributed by atoms with Gasteiger partial charge in [0, 0.05) is 87.2 Å². The van der Waals surface area contributed by atoms with E-state index in [2.05, 4.69) is 37.7 Å². The molecule has 2 N–H and O–H groups in total. The average Bonchev–Trinajstić information content (AvgIpc) is 3.73. The number of fused-ring (bicyclic) bond motifs is 2. The van der Waals surface area contributed by atoms with Gasteiger partial charge in [-0.25, -0.2) is 9.59 Å². The van der Waals surface area contributed by atoms with Crippen molar-refractivity contribution in [1.82, 2.24) is 34.7 Å². The molecule has 3 saturated heterocycles. The predicted octanol–water partition coefficient (Wildman–Crippen LogP) is 3.42. The lowest BCUT2D eigenvalue weighted by molar-refractivity contribution is -0.142. The molecule has 13 heteroatoms. The standard InChI is InChI=1S/C32H42N8O4S/c1-36-12-14-37(15-13-36)25-4-8-38(9-5-25)30(41)29(17-22-2-3-27-23(16-22)18-33-35-27)44-32(43)39-10-6-26(7-11-39)40-19-24-20-45-21-28(24)34-31(40)42/h2-3,16,18,20-21,25-26,29H,4-15,17,19H2,1H3,(H,33,35)(H,34,42)/t29-/m1/s1. The van der Waals surface area contributed by atoms with Crippen LogP contribution in [0.4, 0.5) is 15.3 Å². The van der Waals surface area contributed by atoms with Gasteiger partial charge in [0.25, 0.3) is 5.91 Å². The lowest BCUT2D eigenvalue weighted by atomic mass is 10.00. The van der Waals surface area contributed by atoms with E-state index in [1.165, 1.54) is 0 Å². The largest absolute Gasteiger partial charge is 0.436 e. The first kappa shape index (κ1) is 30.0. The van der Waals surface area contributed by atoms with Gasteiger partial charge in [0.2, 0.25) is 0 Å². The van der Waals surface area contributed by atoms with Crippen molar-refractivity contribution in [2.75, 3.05) is 64.7 Å². The summed E-state index contributed by atoms with van der Waals surface area (Å²) in [6.07, 6.45) is 3.88. The molecule has 0 aliphatic carbocycles. The highest BCUT2D eigenvalue weighted by Crippen LogP contribution is 2.30. The zero-order valence-electron chi connectivity index (χ0n) is 25.8. The summed E-state index contributed by atoms with van der Waals surface area (Å²) in [5.41, 5.74) is 3.87. The molecule has 3 aromatic rings. The van der Waals surface area contributed by atoms with E-state index in [1.807, 2.05) is 33.4 Å². The lowest BCUT2D eigenvalue weighted by Gasteiger charge is -2.42. The molecule has 12 nitrogen and oxygen atoms in total. The summed E-state index contributed by atoms with van der Waals surface area (Å²) >= 11 is 1.59. The molecule has 0 bridgehead atoms. The van der Waals surface area contributed by atoms with Crippen molar-refractivity contribution in [2.45, 2.75) is 56.8 Å². The van der Waals surface area contributed by atoms with Crippen LogP contribution in [0, 0.1) is 0 Å². The maximum absolute atomic E-state index is 14.0. The number of likely N-dealkylation sites (tertiary alicyclic amines) is 2. The SMILES string of the molecule is CN1CCN(C2CCN(C(=O)[C@@H](Cc3ccc4[nH]ncc4c3)OC(=O)N3CCC(N4Cc5cscc5NC4=O)CC3)CC2)CC1. The average molecular weight is 635 g/mol. The number of rotatable bonds is 6. The second-order valence-electron chi connectivity index (χ2n) is 12.9. The number of hydrogen-bond donors (Lipinski definition) is 2. The Balaban J connectivity index is 0.989. The van der Waals surface area contributed by atoms with Gasteiger partial charge >= 0.3 is 12.1 Å². The minimum Gasteiger partial charge on any atom is -0.436 e. The minimum absolute atomic E-state index is 0.0443. The third kappa shape index (κ3) is 6.52. The van der Waals surface area contributed by atoms with Crippen LogP contribution in [0.3, 0.4) is 0 Å². The maximum Gasteiger partial charge on any atom is 0.410 e. The number of ether oxygens (including phenoxy) is 1. The molecule has 0 spiro atoms. The highest BCUT2D eigenvalue weighted by molar-refractivity contribution is 7.08. The Bertz CT molecular complexity index is 1520. The first-order valence-corrected chi connectivity index (χ1v) is 17.1. The van der Waals surface area contributed by atoms with Crippen molar-refractivity contribution in [3.05, 3.63) is 46.3 Å². The van der Waals surface area contributed by atoms with Crippen LogP contribution in [-0.2, 0) is 22.5 Å². The van der Waals surface area contributed by atoms with Gasteiger partial charge in [-0.2, -0.15) is 5.10 Å². The molecule has 240 valence electrons. The van der Waals surface area contributed by atoms with Gasteiger partial charge < -0.3 is 29.7 Å². The number of aromatic amines is 1. The Kier molecular flexibility index (Phi) is 8.65. The van der Waals surface area contributed by atoms with E-state index in [-0.39, 0.29) is 18.0 Å². The number of anilines is 1. The lowest BCUT2D eigenvalue weighted by Crippen LogP contribution is -2.54. The molecular formula is C32H42N8O4S. The van der Waals surface area contributed by atoms with E-state index < -0.39 is 12.2 Å². The second-order valence-corrected chi connectivity index (χ2v) is 13.6. The number of carbonyl (C=O) groups is 3. The maximum atomic E-state index is 14.0. The zero-order chi connectivity index (χ0) is 30.9. The van der Waals surface area contributed by atoms with Crippen LogP contribution in [0.15, 0.2) is 35.2 Å². The number of piperidine rings is 2. The number of aromatic nitrogens is 2. The number of carbonyl (C=O) groups excluding carboxylic acids is 3. The van der Waals surface area contributed by atoms with Crippen molar-refractivity contribution in [1.29, 1.82) is 0 Å². The number of piperazine rings is 1. The van der Waals surface area contributed by atoms with Crippen molar-refractivity contribution >= 4 is 46.0 Å². The monoisotopic (exact) mass is 634 g/mol. The number of likely N-dealkylation sites (N-methyl/N-ethyl adjacent to an activating group) is 1. The number of nitrogens with zero attached hydrogens (tertiary/aromatic N) is 6. The Hall–Kier alpha value is -3.68. The summed E-state index contributed by atoms with van der Waals surface area (Å²) in [5.74, 6) is -0.126.